The summed E-state index contributed by atoms with van der Waals surface area (Å²) in [6, 6.07) is 4.24. The summed E-state index contributed by atoms with van der Waals surface area (Å²) in [5.41, 5.74) is 1.07. The van der Waals surface area contributed by atoms with Crippen molar-refractivity contribution in [1.82, 2.24) is 0 Å². The van der Waals surface area contributed by atoms with Gasteiger partial charge in [-0.3, -0.25) is 0 Å². The molecule has 0 saturated heterocycles. The van der Waals surface area contributed by atoms with Crippen LogP contribution in [0.5, 0.6) is 0 Å². The van der Waals surface area contributed by atoms with Gasteiger partial charge in [-0.15, -0.1) is 23.5 Å². The van der Waals surface area contributed by atoms with Gasteiger partial charge in [0.05, 0.1) is 29.1 Å². The first-order valence-electron chi connectivity index (χ1n) is 12.3. The van der Waals surface area contributed by atoms with Gasteiger partial charge in [0.25, 0.3) is 0 Å². The van der Waals surface area contributed by atoms with Crippen LogP contribution in [-0.2, 0) is 0 Å². The van der Waals surface area contributed by atoms with Crippen LogP contribution in [0.25, 0.3) is 0 Å². The molecule has 218 valence electrons. The van der Waals surface area contributed by atoms with Gasteiger partial charge in [-0.2, -0.15) is 36.9 Å². The van der Waals surface area contributed by atoms with Crippen LogP contribution in [0.2, 0.25) is 0 Å². The minimum atomic E-state index is -4.12. The lowest BCUT2D eigenvalue weighted by Crippen LogP contribution is -2.17. The molecule has 0 heterocycles. The molecule has 2 aliphatic rings. The Kier molecular flexibility index (Phi) is 23.3. The minimum Gasteiger partial charge on any atom is -0.197 e. The van der Waals surface area contributed by atoms with E-state index < -0.39 is 25.2 Å². The summed E-state index contributed by atoms with van der Waals surface area (Å²) in [4.78, 5) is 28.5. The Bertz CT molecular complexity index is 719. The molecule has 2 aliphatic carbocycles. The van der Waals surface area contributed by atoms with Gasteiger partial charge >= 0.3 is 12.4 Å². The molecule has 0 amide bonds. The number of thioether (sulfide) groups is 2. The van der Waals surface area contributed by atoms with E-state index in [0.717, 1.165) is 81.5 Å². The van der Waals surface area contributed by atoms with Crippen molar-refractivity contribution in [2.45, 2.75) is 107 Å². The molecule has 0 aromatic carbocycles. The largest absolute Gasteiger partial charge is 0.389 e. The maximum Gasteiger partial charge on any atom is 0.389 e. The summed E-state index contributed by atoms with van der Waals surface area (Å²) in [5.74, 6) is 0.259. The topological polar surface area (TPSA) is 116 Å². The number of allylic oxidation sites excluding steroid dienone is 2. The first-order valence-corrected chi connectivity index (χ1v) is 14.3. The molecule has 0 N–H and O–H groups in total. The lowest BCUT2D eigenvalue weighted by molar-refractivity contribution is -0.130. The van der Waals surface area contributed by atoms with Crippen molar-refractivity contribution in [3.05, 3.63) is 30.3 Å². The average Bonchev–Trinajstić information content (AvgIpc) is 3.32. The Balaban J connectivity index is 0. The number of hydrogen-bond donors (Lipinski definition) is 0. The molecular formula is C24H34F6N2O4S2. The molecule has 1 atom stereocenters. The molecule has 0 aromatic heterocycles. The van der Waals surface area contributed by atoms with Gasteiger partial charge < -0.3 is 0 Å². The van der Waals surface area contributed by atoms with E-state index in [4.69, 9.17) is 30.4 Å². The lowest BCUT2D eigenvalue weighted by atomic mass is 9.97. The van der Waals surface area contributed by atoms with Crippen LogP contribution in [0, 0.1) is 48.4 Å². The maximum absolute atomic E-state index is 12.0. The van der Waals surface area contributed by atoms with Crippen molar-refractivity contribution in [2.75, 3.05) is 11.5 Å². The summed E-state index contributed by atoms with van der Waals surface area (Å²) in [5, 5.41) is 17.8. The number of nitriles is 2. The monoisotopic (exact) mass is 592 g/mol. The van der Waals surface area contributed by atoms with Gasteiger partial charge in [0, 0.05) is 31.4 Å². The first-order chi connectivity index (χ1) is 18.1. The highest BCUT2D eigenvalue weighted by molar-refractivity contribution is 8.03. The molecule has 38 heavy (non-hydrogen) atoms. The molecule has 2 rings (SSSR count). The summed E-state index contributed by atoms with van der Waals surface area (Å²) in [6.45, 7) is 0. The normalized spacial score (nSPS) is 17.2. The van der Waals surface area contributed by atoms with Crippen LogP contribution in [-0.4, -0.2) is 29.1 Å². The van der Waals surface area contributed by atoms with Gasteiger partial charge in [0.1, 0.15) is 6.07 Å². The third-order valence-electron chi connectivity index (χ3n) is 5.90. The third kappa shape index (κ3) is 21.2. The van der Waals surface area contributed by atoms with Gasteiger partial charge in [0.2, 0.25) is 0 Å². The second kappa shape index (κ2) is 23.1. The van der Waals surface area contributed by atoms with E-state index in [2.05, 4.69) is 12.1 Å². The molecule has 14 heteroatoms. The second-order valence-corrected chi connectivity index (χ2v) is 11.1. The standard InChI is InChI=1S/C12H18F3NS.C12H16F3NS.2O2/c2*13-12(14,15)7-8-17-11(9-16)10-5-3-1-2-4-6-10;2*1-2/h10-11H,1-8H2;1-8H2;;. The van der Waals surface area contributed by atoms with E-state index in [0.29, 0.717) is 10.8 Å². The van der Waals surface area contributed by atoms with Crippen LogP contribution in [0.4, 0.5) is 26.3 Å². The minimum absolute atomic E-state index is 0.0121. The third-order valence-corrected chi connectivity index (χ3v) is 8.27. The molecule has 0 aliphatic heterocycles. The lowest BCUT2D eigenvalue weighted by Gasteiger charge is -2.19. The fourth-order valence-electron chi connectivity index (χ4n) is 4.06. The fourth-order valence-corrected chi connectivity index (χ4v) is 6.29. The number of alkyl halides is 6. The predicted molar refractivity (Wildman–Crippen MR) is 141 cm³/mol. The molecule has 1 unspecified atom stereocenters. The Morgan fingerprint density at radius 1 is 0.763 bits per heavy atom. The Hall–Kier alpha value is -1.80. The van der Waals surface area contributed by atoms with Crippen molar-refractivity contribution in [2.24, 2.45) is 5.92 Å². The van der Waals surface area contributed by atoms with Crippen molar-refractivity contribution in [1.29, 1.82) is 10.5 Å². The fraction of sp³-hybridized carbons (Fsp3) is 0.833. The second-order valence-electron chi connectivity index (χ2n) is 8.71. The highest BCUT2D eigenvalue weighted by atomic mass is 32.2. The summed E-state index contributed by atoms with van der Waals surface area (Å²) in [6.07, 6.45) is 2.97. The number of halogens is 6. The van der Waals surface area contributed by atoms with E-state index in [1.54, 1.807) is 0 Å². The van der Waals surface area contributed by atoms with Crippen molar-refractivity contribution in [3.63, 3.8) is 0 Å². The zero-order valence-corrected chi connectivity index (χ0v) is 22.7. The Morgan fingerprint density at radius 2 is 1.21 bits per heavy atom. The molecule has 2 saturated carbocycles. The summed E-state index contributed by atoms with van der Waals surface area (Å²) >= 11 is 2.25. The van der Waals surface area contributed by atoms with Crippen LogP contribution in [0.3, 0.4) is 0 Å². The summed E-state index contributed by atoms with van der Waals surface area (Å²) < 4.78 is 72.1. The van der Waals surface area contributed by atoms with E-state index in [1.807, 2.05) is 0 Å². The first kappa shape index (κ1) is 38.3. The number of hydrogen-bond acceptors (Lipinski definition) is 8. The van der Waals surface area contributed by atoms with E-state index in [-0.39, 0.29) is 16.8 Å². The van der Waals surface area contributed by atoms with Crippen LogP contribution in [0.1, 0.15) is 89.9 Å². The van der Waals surface area contributed by atoms with Gasteiger partial charge in [-0.25, -0.2) is 0 Å². The molecule has 0 radical (unpaired) electrons. The Morgan fingerprint density at radius 3 is 1.63 bits per heavy atom. The van der Waals surface area contributed by atoms with Crippen LogP contribution < -0.4 is 0 Å². The molecule has 0 aromatic rings. The molecule has 0 bridgehead atoms. The quantitative estimate of drug-likeness (QED) is 0.163. The van der Waals surface area contributed by atoms with Gasteiger partial charge in [0.15, 0.2) is 0 Å². The van der Waals surface area contributed by atoms with Crippen LogP contribution >= 0.6 is 23.5 Å². The number of nitrogens with zero attached hydrogens (tertiary/aromatic N) is 2. The Labute approximate surface area is 227 Å². The van der Waals surface area contributed by atoms with Gasteiger partial charge in [-0.05, 0) is 50.0 Å². The molecular weight excluding hydrogens is 558 g/mol. The van der Waals surface area contributed by atoms with E-state index in [1.165, 1.54) is 24.6 Å². The highest BCUT2D eigenvalue weighted by Gasteiger charge is 2.29. The maximum atomic E-state index is 12.0. The van der Waals surface area contributed by atoms with E-state index in [9.17, 15) is 26.3 Å². The highest BCUT2D eigenvalue weighted by Crippen LogP contribution is 2.34. The van der Waals surface area contributed by atoms with Crippen molar-refractivity contribution >= 4 is 23.5 Å². The average molecular weight is 593 g/mol. The smallest absolute Gasteiger partial charge is 0.197 e. The van der Waals surface area contributed by atoms with Crippen LogP contribution in [0.15, 0.2) is 10.5 Å². The summed E-state index contributed by atoms with van der Waals surface area (Å²) in [7, 11) is 0. The van der Waals surface area contributed by atoms with E-state index >= 15 is 0 Å². The molecule has 2 fully saturated rings. The van der Waals surface area contributed by atoms with Crippen molar-refractivity contribution in [3.8, 4) is 12.1 Å². The zero-order chi connectivity index (χ0) is 29.5. The zero-order valence-electron chi connectivity index (χ0n) is 21.1. The molecule has 0 spiro atoms. The predicted octanol–water partition coefficient (Wildman–Crippen LogP) is 9.47. The molecule has 6 nitrogen and oxygen atoms in total. The van der Waals surface area contributed by atoms with Gasteiger partial charge in [-0.1, -0.05) is 38.5 Å². The van der Waals surface area contributed by atoms with Crippen molar-refractivity contribution < 1.29 is 26.3 Å². The number of rotatable bonds is 7. The SMILES string of the molecule is N#CC(SCCC(F)(F)F)=C1CCCCCC1.N#CC(SCCC(F)(F)F)C1CCCCCC1.O=O.O=O.